The molecule has 3 nitrogen and oxygen atoms in total. The first kappa shape index (κ1) is 15.4. The Morgan fingerprint density at radius 3 is 2.50 bits per heavy atom. The topological polar surface area (TPSA) is 54.4 Å². The van der Waals surface area contributed by atoms with Gasteiger partial charge < -0.3 is 5.11 Å². The first-order valence-electron chi connectivity index (χ1n) is 5.63. The van der Waals surface area contributed by atoms with Crippen LogP contribution in [0.5, 0.6) is 0 Å². The molecule has 0 heterocycles. The van der Waals surface area contributed by atoms with Crippen molar-refractivity contribution < 1.29 is 14.1 Å². The van der Waals surface area contributed by atoms with Crippen molar-refractivity contribution in [3.8, 4) is 0 Å². The normalized spacial score (nSPS) is 12.1. The van der Waals surface area contributed by atoms with Gasteiger partial charge in [0.05, 0.1) is 27.0 Å². The van der Waals surface area contributed by atoms with Gasteiger partial charge in [0.2, 0.25) is 0 Å². The zero-order chi connectivity index (χ0) is 14.7. The summed E-state index contributed by atoms with van der Waals surface area (Å²) in [6, 6.07) is 12.1. The highest BCUT2D eigenvalue weighted by Gasteiger charge is 2.16. The summed E-state index contributed by atoms with van der Waals surface area (Å²) in [7, 11) is -1.43. The molecule has 2 rings (SSSR count). The number of hydrogen-bond donors (Lipinski definition) is 1. The van der Waals surface area contributed by atoms with Crippen LogP contribution in [0.25, 0.3) is 0 Å². The van der Waals surface area contributed by atoms with Crippen LogP contribution in [-0.4, -0.2) is 15.3 Å². The minimum atomic E-state index is -1.43. The Balaban J connectivity index is 2.37. The number of halogens is 2. The lowest BCUT2D eigenvalue weighted by Gasteiger charge is -2.08. The van der Waals surface area contributed by atoms with Crippen LogP contribution in [0.3, 0.4) is 0 Å². The van der Waals surface area contributed by atoms with Crippen LogP contribution in [0.4, 0.5) is 0 Å². The Kier molecular flexibility index (Phi) is 5.12. The van der Waals surface area contributed by atoms with Gasteiger partial charge in [-0.3, -0.25) is 4.21 Å². The molecule has 6 heteroatoms. The summed E-state index contributed by atoms with van der Waals surface area (Å²) in [6.45, 7) is 0. The van der Waals surface area contributed by atoms with Gasteiger partial charge in [-0.15, -0.1) is 0 Å². The van der Waals surface area contributed by atoms with Crippen LogP contribution in [0.2, 0.25) is 0 Å². The van der Waals surface area contributed by atoms with Crippen LogP contribution in [0, 0.1) is 0 Å². The van der Waals surface area contributed by atoms with Crippen molar-refractivity contribution >= 4 is 48.6 Å². The van der Waals surface area contributed by atoms with Gasteiger partial charge in [0, 0.05) is 8.95 Å². The smallest absolute Gasteiger partial charge is 0.336 e. The molecule has 2 aromatic rings. The van der Waals surface area contributed by atoms with E-state index in [1.807, 2.05) is 24.3 Å². The average Bonchev–Trinajstić information content (AvgIpc) is 2.40. The molecule has 104 valence electrons. The summed E-state index contributed by atoms with van der Waals surface area (Å²) in [4.78, 5) is 11.5. The second-order valence-corrected chi connectivity index (χ2v) is 7.22. The minimum absolute atomic E-state index is 0.0681. The van der Waals surface area contributed by atoms with Crippen molar-refractivity contribution in [2.45, 2.75) is 10.6 Å². The van der Waals surface area contributed by atoms with Crippen LogP contribution >= 0.6 is 31.9 Å². The van der Waals surface area contributed by atoms with Gasteiger partial charge in [-0.05, 0) is 29.8 Å². The highest BCUT2D eigenvalue weighted by atomic mass is 79.9. The number of carboxylic acid groups (broad SMARTS) is 1. The van der Waals surface area contributed by atoms with Gasteiger partial charge >= 0.3 is 5.97 Å². The Bertz CT molecular complexity index is 686. The number of hydrogen-bond acceptors (Lipinski definition) is 2. The molecule has 0 saturated carbocycles. The maximum absolute atomic E-state index is 12.4. The molecule has 0 aliphatic heterocycles. The maximum atomic E-state index is 12.4. The van der Waals surface area contributed by atoms with Crippen molar-refractivity contribution in [3.63, 3.8) is 0 Å². The number of carbonyl (C=O) groups is 1. The molecule has 0 amide bonds. The van der Waals surface area contributed by atoms with Crippen LogP contribution < -0.4 is 0 Å². The van der Waals surface area contributed by atoms with E-state index in [9.17, 15) is 9.00 Å². The predicted octanol–water partition coefficient (Wildman–Crippen LogP) is 4.22. The first-order chi connectivity index (χ1) is 9.49. The molecule has 0 saturated heterocycles. The molecule has 0 bridgehead atoms. The highest BCUT2D eigenvalue weighted by Crippen LogP contribution is 2.24. The zero-order valence-corrected chi connectivity index (χ0v) is 14.2. The molecule has 20 heavy (non-hydrogen) atoms. The Labute approximate surface area is 135 Å². The van der Waals surface area contributed by atoms with Crippen LogP contribution in [0.1, 0.15) is 15.9 Å². The minimum Gasteiger partial charge on any atom is -0.478 e. The SMILES string of the molecule is O=C(O)c1ccc(Br)cc1S(=O)Cc1ccccc1Br. The Hall–Kier alpha value is -0.980. The molecule has 2 aromatic carbocycles. The quantitative estimate of drug-likeness (QED) is 0.810. The summed E-state index contributed by atoms with van der Waals surface area (Å²) < 4.78 is 14.0. The van der Waals surface area contributed by atoms with Crippen LogP contribution in [0.15, 0.2) is 56.3 Å². The molecule has 1 N–H and O–H groups in total. The molecule has 0 fully saturated rings. The lowest BCUT2D eigenvalue weighted by Crippen LogP contribution is -2.06. The molecule has 1 atom stereocenters. The van der Waals surface area contributed by atoms with Crippen molar-refractivity contribution in [2.24, 2.45) is 0 Å². The predicted molar refractivity (Wildman–Crippen MR) is 85.4 cm³/mol. The molecule has 0 aliphatic rings. The van der Waals surface area contributed by atoms with Gasteiger partial charge in [0.1, 0.15) is 0 Å². The highest BCUT2D eigenvalue weighted by molar-refractivity contribution is 9.10. The van der Waals surface area contributed by atoms with E-state index in [1.165, 1.54) is 6.07 Å². The van der Waals surface area contributed by atoms with Gasteiger partial charge in [-0.1, -0.05) is 50.1 Å². The number of carboxylic acids is 1. The number of rotatable bonds is 4. The lowest BCUT2D eigenvalue weighted by atomic mass is 10.2. The van der Waals surface area contributed by atoms with Gasteiger partial charge in [0.25, 0.3) is 0 Å². The van der Waals surface area contributed by atoms with Crippen molar-refractivity contribution in [1.82, 2.24) is 0 Å². The van der Waals surface area contributed by atoms with Gasteiger partial charge in [0.15, 0.2) is 0 Å². The van der Waals surface area contributed by atoms with E-state index in [1.54, 1.807) is 12.1 Å². The zero-order valence-electron chi connectivity index (χ0n) is 10.2. The van der Waals surface area contributed by atoms with E-state index in [0.29, 0.717) is 9.37 Å². The summed E-state index contributed by atoms with van der Waals surface area (Å²) in [5.74, 6) is -0.814. The lowest BCUT2D eigenvalue weighted by molar-refractivity contribution is 0.0693. The monoisotopic (exact) mass is 416 g/mol. The van der Waals surface area contributed by atoms with Gasteiger partial charge in [-0.2, -0.15) is 0 Å². The maximum Gasteiger partial charge on any atom is 0.336 e. The third kappa shape index (κ3) is 3.56. The van der Waals surface area contributed by atoms with E-state index >= 15 is 0 Å². The fraction of sp³-hybridized carbons (Fsp3) is 0.0714. The molecular weight excluding hydrogens is 408 g/mol. The summed E-state index contributed by atoms with van der Waals surface area (Å²) >= 11 is 6.68. The molecule has 0 radical (unpaired) electrons. The van der Waals surface area contributed by atoms with E-state index in [2.05, 4.69) is 31.9 Å². The largest absolute Gasteiger partial charge is 0.478 e. The summed E-state index contributed by atoms with van der Waals surface area (Å²) in [5, 5.41) is 9.17. The number of benzene rings is 2. The van der Waals surface area contributed by atoms with E-state index in [0.717, 1.165) is 10.0 Å². The molecule has 1 unspecified atom stereocenters. The molecule has 0 spiro atoms. The van der Waals surface area contributed by atoms with Crippen LogP contribution in [-0.2, 0) is 16.6 Å². The van der Waals surface area contributed by atoms with E-state index in [-0.39, 0.29) is 11.3 Å². The molecular formula is C14H10Br2O3S. The number of aromatic carboxylic acids is 1. The Morgan fingerprint density at radius 2 is 1.85 bits per heavy atom. The van der Waals surface area contributed by atoms with E-state index < -0.39 is 16.8 Å². The second kappa shape index (κ2) is 6.65. The average molecular weight is 418 g/mol. The van der Waals surface area contributed by atoms with E-state index in [4.69, 9.17) is 5.11 Å². The summed E-state index contributed by atoms with van der Waals surface area (Å²) in [5.41, 5.74) is 0.945. The second-order valence-electron chi connectivity index (χ2n) is 4.03. The van der Waals surface area contributed by atoms with Crippen molar-refractivity contribution in [1.29, 1.82) is 0 Å². The van der Waals surface area contributed by atoms with Crippen molar-refractivity contribution in [3.05, 3.63) is 62.5 Å². The third-order valence-corrected chi connectivity index (χ3v) is 5.33. The molecule has 0 aliphatic carbocycles. The fourth-order valence-corrected chi connectivity index (χ4v) is 4.17. The fourth-order valence-electron chi connectivity index (χ4n) is 1.70. The third-order valence-electron chi connectivity index (χ3n) is 2.66. The standard InChI is InChI=1S/C14H10Br2O3S/c15-10-5-6-11(14(17)18)13(7-10)20(19)8-9-3-1-2-4-12(9)16/h1-7H,8H2,(H,17,18). The Morgan fingerprint density at radius 1 is 1.15 bits per heavy atom. The molecule has 0 aromatic heterocycles. The van der Waals surface area contributed by atoms with Gasteiger partial charge in [-0.25, -0.2) is 4.79 Å². The summed E-state index contributed by atoms with van der Waals surface area (Å²) in [6.07, 6.45) is 0. The first-order valence-corrected chi connectivity index (χ1v) is 8.54. The van der Waals surface area contributed by atoms with Crippen molar-refractivity contribution in [2.75, 3.05) is 0 Å².